The van der Waals surface area contributed by atoms with E-state index in [-0.39, 0.29) is 0 Å². The molecule has 0 fully saturated rings. The fourth-order valence-electron chi connectivity index (χ4n) is 1.000. The van der Waals surface area contributed by atoms with Gasteiger partial charge in [0.25, 0.3) is 0 Å². The molecule has 1 atom stereocenters. The molecule has 2 heteroatoms. The quantitative estimate of drug-likeness (QED) is 0.651. The predicted octanol–water partition coefficient (Wildman–Crippen LogP) is 1.95. The van der Waals surface area contributed by atoms with Crippen molar-refractivity contribution in [3.63, 3.8) is 0 Å². The lowest BCUT2D eigenvalue weighted by atomic mass is 10.2. The molecule has 0 saturated heterocycles. The van der Waals surface area contributed by atoms with Crippen molar-refractivity contribution in [2.24, 2.45) is 5.73 Å². The van der Waals surface area contributed by atoms with Crippen LogP contribution in [0.1, 0.15) is 12.8 Å². The van der Waals surface area contributed by atoms with Gasteiger partial charge in [-0.05, 0) is 25.1 Å². The number of hydrogen-bond donors (Lipinski definition) is 1. The number of rotatable bonds is 4. The van der Waals surface area contributed by atoms with Crippen LogP contribution in [0.2, 0.25) is 0 Å². The van der Waals surface area contributed by atoms with Crippen molar-refractivity contribution in [3.8, 4) is 0 Å². The molecular weight excluding hydrogens is 154 g/mol. The van der Waals surface area contributed by atoms with Crippen molar-refractivity contribution in [1.82, 2.24) is 0 Å². The Labute approximate surface area is 72.7 Å². The maximum atomic E-state index is 5.40. The Bertz CT molecular complexity index is 152. The Hall–Kier alpha value is -0.210. The molecule has 0 spiro atoms. The molecule has 0 saturated carbocycles. The molecule has 0 aromatic carbocycles. The molecule has 1 rings (SSSR count). The molecule has 0 bridgehead atoms. The zero-order valence-corrected chi connectivity index (χ0v) is 7.52. The topological polar surface area (TPSA) is 26.0 Å². The molecule has 2 N–H and O–H groups in total. The van der Waals surface area contributed by atoms with E-state index in [1.807, 2.05) is 11.8 Å². The average molecular weight is 169 g/mol. The van der Waals surface area contributed by atoms with Gasteiger partial charge in [0.2, 0.25) is 0 Å². The normalized spacial score (nSPS) is 22.5. The van der Waals surface area contributed by atoms with Crippen molar-refractivity contribution in [1.29, 1.82) is 0 Å². The molecule has 62 valence electrons. The Kier molecular flexibility index (Phi) is 4.39. The van der Waals surface area contributed by atoms with Crippen LogP contribution < -0.4 is 5.73 Å². The highest BCUT2D eigenvalue weighted by Gasteiger charge is 2.03. The summed E-state index contributed by atoms with van der Waals surface area (Å²) in [6, 6.07) is 0. The standard InChI is InChI=1S/C9H15NS/c10-7-4-8-11-9-5-2-1-3-6-9/h1-3,5,9H,4,6-8,10H2. The van der Waals surface area contributed by atoms with Gasteiger partial charge < -0.3 is 5.73 Å². The molecular formula is C9H15NS. The third-order valence-corrected chi connectivity index (χ3v) is 2.92. The van der Waals surface area contributed by atoms with Crippen LogP contribution in [0.15, 0.2) is 24.3 Å². The lowest BCUT2D eigenvalue weighted by Crippen LogP contribution is -2.04. The van der Waals surface area contributed by atoms with Gasteiger partial charge in [0.1, 0.15) is 0 Å². The van der Waals surface area contributed by atoms with Crippen LogP contribution in [0.25, 0.3) is 0 Å². The Balaban J connectivity index is 2.07. The molecule has 0 radical (unpaired) electrons. The van der Waals surface area contributed by atoms with E-state index < -0.39 is 0 Å². The first-order valence-electron chi connectivity index (χ1n) is 4.08. The first-order chi connectivity index (χ1) is 5.43. The van der Waals surface area contributed by atoms with E-state index in [9.17, 15) is 0 Å². The third kappa shape index (κ3) is 3.63. The second-order valence-electron chi connectivity index (χ2n) is 2.60. The van der Waals surface area contributed by atoms with Crippen LogP contribution >= 0.6 is 11.8 Å². The van der Waals surface area contributed by atoms with Gasteiger partial charge in [-0.3, -0.25) is 0 Å². The van der Waals surface area contributed by atoms with Gasteiger partial charge in [0.05, 0.1) is 0 Å². The predicted molar refractivity (Wildman–Crippen MR) is 52.8 cm³/mol. The van der Waals surface area contributed by atoms with Crippen LogP contribution in [-0.4, -0.2) is 17.5 Å². The smallest absolute Gasteiger partial charge is 0.0264 e. The molecule has 0 amide bonds. The summed E-state index contributed by atoms with van der Waals surface area (Å²) in [6.07, 6.45) is 11.1. The van der Waals surface area contributed by atoms with Crippen molar-refractivity contribution >= 4 is 11.8 Å². The highest BCUT2D eigenvalue weighted by molar-refractivity contribution is 8.00. The molecule has 0 aromatic heterocycles. The van der Waals surface area contributed by atoms with Crippen molar-refractivity contribution in [2.75, 3.05) is 12.3 Å². The SMILES string of the molecule is NCCCSC1C=CC=CC1. The molecule has 1 nitrogen and oxygen atoms in total. The Morgan fingerprint density at radius 2 is 2.36 bits per heavy atom. The van der Waals surface area contributed by atoms with Gasteiger partial charge >= 0.3 is 0 Å². The van der Waals surface area contributed by atoms with E-state index >= 15 is 0 Å². The van der Waals surface area contributed by atoms with E-state index in [0.717, 1.165) is 13.0 Å². The maximum absolute atomic E-state index is 5.40. The minimum absolute atomic E-state index is 0.701. The highest BCUT2D eigenvalue weighted by atomic mass is 32.2. The molecule has 0 aliphatic heterocycles. The van der Waals surface area contributed by atoms with Crippen molar-refractivity contribution in [2.45, 2.75) is 18.1 Å². The molecule has 1 aliphatic rings. The lowest BCUT2D eigenvalue weighted by molar-refractivity contribution is 0.936. The van der Waals surface area contributed by atoms with Gasteiger partial charge in [0.15, 0.2) is 0 Å². The summed E-state index contributed by atoms with van der Waals surface area (Å²) in [4.78, 5) is 0. The average Bonchev–Trinajstić information content (AvgIpc) is 2.07. The summed E-state index contributed by atoms with van der Waals surface area (Å²) in [5.74, 6) is 1.19. The monoisotopic (exact) mass is 169 g/mol. The van der Waals surface area contributed by atoms with Gasteiger partial charge in [-0.25, -0.2) is 0 Å². The summed E-state index contributed by atoms with van der Waals surface area (Å²) in [7, 11) is 0. The minimum Gasteiger partial charge on any atom is -0.330 e. The van der Waals surface area contributed by atoms with E-state index in [1.54, 1.807) is 0 Å². The van der Waals surface area contributed by atoms with E-state index in [4.69, 9.17) is 5.73 Å². The number of allylic oxidation sites excluding steroid dienone is 3. The van der Waals surface area contributed by atoms with E-state index in [0.29, 0.717) is 5.25 Å². The summed E-state index contributed by atoms with van der Waals surface area (Å²) >= 11 is 2.00. The maximum Gasteiger partial charge on any atom is 0.0264 e. The van der Waals surface area contributed by atoms with Crippen LogP contribution in [0.3, 0.4) is 0 Å². The number of nitrogens with two attached hydrogens (primary N) is 1. The first kappa shape index (κ1) is 8.88. The number of hydrogen-bond acceptors (Lipinski definition) is 2. The largest absolute Gasteiger partial charge is 0.330 e. The molecule has 0 heterocycles. The summed E-state index contributed by atoms with van der Waals surface area (Å²) in [5, 5.41) is 0.701. The summed E-state index contributed by atoms with van der Waals surface area (Å²) in [6.45, 7) is 0.819. The fourth-order valence-corrected chi connectivity index (χ4v) is 2.08. The Morgan fingerprint density at radius 3 is 3.00 bits per heavy atom. The molecule has 1 unspecified atom stereocenters. The fraction of sp³-hybridized carbons (Fsp3) is 0.556. The van der Waals surface area contributed by atoms with Crippen molar-refractivity contribution in [3.05, 3.63) is 24.3 Å². The first-order valence-corrected chi connectivity index (χ1v) is 5.13. The van der Waals surface area contributed by atoms with Gasteiger partial charge in [0, 0.05) is 5.25 Å². The molecule has 0 aromatic rings. The van der Waals surface area contributed by atoms with Crippen LogP contribution in [0, 0.1) is 0 Å². The lowest BCUT2D eigenvalue weighted by Gasteiger charge is -2.11. The zero-order chi connectivity index (χ0) is 7.94. The minimum atomic E-state index is 0.701. The second-order valence-corrected chi connectivity index (χ2v) is 3.95. The number of thioether (sulfide) groups is 1. The van der Waals surface area contributed by atoms with Gasteiger partial charge in [-0.1, -0.05) is 24.3 Å². The van der Waals surface area contributed by atoms with Gasteiger partial charge in [-0.2, -0.15) is 11.8 Å². The van der Waals surface area contributed by atoms with E-state index in [2.05, 4.69) is 24.3 Å². The third-order valence-electron chi connectivity index (χ3n) is 1.62. The van der Waals surface area contributed by atoms with Crippen LogP contribution in [-0.2, 0) is 0 Å². The van der Waals surface area contributed by atoms with Crippen LogP contribution in [0.4, 0.5) is 0 Å². The van der Waals surface area contributed by atoms with E-state index in [1.165, 1.54) is 12.2 Å². The Morgan fingerprint density at radius 1 is 1.45 bits per heavy atom. The summed E-state index contributed by atoms with van der Waals surface area (Å²) in [5.41, 5.74) is 5.40. The van der Waals surface area contributed by atoms with Crippen molar-refractivity contribution < 1.29 is 0 Å². The zero-order valence-electron chi connectivity index (χ0n) is 6.70. The highest BCUT2D eigenvalue weighted by Crippen LogP contribution is 2.19. The molecule has 11 heavy (non-hydrogen) atoms. The van der Waals surface area contributed by atoms with Crippen LogP contribution in [0.5, 0.6) is 0 Å². The molecule has 1 aliphatic carbocycles. The summed E-state index contributed by atoms with van der Waals surface area (Å²) < 4.78 is 0. The second kappa shape index (κ2) is 5.44. The van der Waals surface area contributed by atoms with Gasteiger partial charge in [-0.15, -0.1) is 0 Å².